The summed E-state index contributed by atoms with van der Waals surface area (Å²) in [7, 11) is -3.81. The number of anilines is 1. The Labute approximate surface area is 139 Å². The van der Waals surface area contributed by atoms with E-state index >= 15 is 0 Å². The van der Waals surface area contributed by atoms with E-state index in [4.69, 9.17) is 9.52 Å². The number of furan rings is 1. The summed E-state index contributed by atoms with van der Waals surface area (Å²) in [4.78, 5) is 0.00549. The highest BCUT2D eigenvalue weighted by atomic mass is 79.9. The van der Waals surface area contributed by atoms with E-state index in [1.165, 1.54) is 13.0 Å². The first-order valence-corrected chi connectivity index (χ1v) is 9.00. The molecule has 8 heteroatoms. The van der Waals surface area contributed by atoms with E-state index in [0.29, 0.717) is 14.6 Å². The van der Waals surface area contributed by atoms with Crippen LogP contribution in [0.3, 0.4) is 0 Å². The number of halogens is 2. The standard InChI is InChI=1S/C13H13Br2NO4S/c1-7-3-10(14)13(11(15)4-7)16-21(18,19)12-5-9(6-17)20-8(12)2/h3-5,16-17H,6H2,1-2H3. The zero-order valence-electron chi connectivity index (χ0n) is 11.3. The molecule has 2 rings (SSSR count). The molecular weight excluding hydrogens is 426 g/mol. The summed E-state index contributed by atoms with van der Waals surface area (Å²) in [5, 5.41) is 9.03. The van der Waals surface area contributed by atoms with Crippen molar-refractivity contribution < 1.29 is 17.9 Å². The molecule has 114 valence electrons. The van der Waals surface area contributed by atoms with Crippen molar-refractivity contribution in [2.24, 2.45) is 0 Å². The molecule has 1 aromatic heterocycles. The molecule has 2 N–H and O–H groups in total. The van der Waals surface area contributed by atoms with Crippen molar-refractivity contribution in [3.63, 3.8) is 0 Å². The van der Waals surface area contributed by atoms with Gasteiger partial charge in [-0.15, -0.1) is 0 Å². The van der Waals surface area contributed by atoms with E-state index in [1.54, 1.807) is 0 Å². The Morgan fingerprint density at radius 1 is 1.19 bits per heavy atom. The fraction of sp³-hybridized carbons (Fsp3) is 0.231. The summed E-state index contributed by atoms with van der Waals surface area (Å²) in [6.45, 7) is 3.09. The fourth-order valence-corrected chi connectivity index (χ4v) is 5.04. The Morgan fingerprint density at radius 2 is 1.76 bits per heavy atom. The zero-order valence-corrected chi connectivity index (χ0v) is 15.3. The summed E-state index contributed by atoms with van der Waals surface area (Å²) in [5.41, 5.74) is 1.39. The zero-order chi connectivity index (χ0) is 15.8. The number of benzene rings is 1. The van der Waals surface area contributed by atoms with Crippen LogP contribution < -0.4 is 4.72 Å². The van der Waals surface area contributed by atoms with Gasteiger partial charge in [-0.1, -0.05) is 0 Å². The average Bonchev–Trinajstić information content (AvgIpc) is 2.76. The van der Waals surface area contributed by atoms with Crippen LogP contribution in [0.5, 0.6) is 0 Å². The van der Waals surface area contributed by atoms with Gasteiger partial charge in [0.05, 0.1) is 5.69 Å². The summed E-state index contributed by atoms with van der Waals surface area (Å²) < 4.78 is 33.8. The average molecular weight is 439 g/mol. The number of rotatable bonds is 4. The normalized spacial score (nSPS) is 11.7. The number of sulfonamides is 1. The highest BCUT2D eigenvalue weighted by Gasteiger charge is 2.23. The van der Waals surface area contributed by atoms with E-state index in [2.05, 4.69) is 36.6 Å². The van der Waals surface area contributed by atoms with Crippen LogP contribution in [0.15, 0.2) is 36.5 Å². The Hall–Kier alpha value is -0.830. The van der Waals surface area contributed by atoms with Gasteiger partial charge in [0.2, 0.25) is 0 Å². The second-order valence-corrected chi connectivity index (χ2v) is 7.86. The monoisotopic (exact) mass is 437 g/mol. The predicted octanol–water partition coefficient (Wildman–Crippen LogP) is 3.71. The molecule has 0 unspecified atom stereocenters. The lowest BCUT2D eigenvalue weighted by atomic mass is 10.2. The second kappa shape index (κ2) is 6.12. The van der Waals surface area contributed by atoms with E-state index in [-0.39, 0.29) is 23.0 Å². The molecule has 0 fully saturated rings. The van der Waals surface area contributed by atoms with E-state index in [0.717, 1.165) is 5.56 Å². The lowest BCUT2D eigenvalue weighted by Gasteiger charge is -2.12. The molecule has 5 nitrogen and oxygen atoms in total. The van der Waals surface area contributed by atoms with E-state index in [9.17, 15) is 8.42 Å². The Bertz CT molecular complexity index is 760. The van der Waals surface area contributed by atoms with Gasteiger partial charge in [0.1, 0.15) is 23.0 Å². The molecule has 0 spiro atoms. The van der Waals surface area contributed by atoms with E-state index < -0.39 is 10.0 Å². The van der Waals surface area contributed by atoms with Gasteiger partial charge in [0.15, 0.2) is 0 Å². The molecule has 0 aliphatic carbocycles. The second-order valence-electron chi connectivity index (χ2n) is 4.50. The summed E-state index contributed by atoms with van der Waals surface area (Å²) in [6.07, 6.45) is 0. The van der Waals surface area contributed by atoms with Gasteiger partial charge in [0, 0.05) is 15.0 Å². The van der Waals surface area contributed by atoms with Gasteiger partial charge in [0.25, 0.3) is 10.0 Å². The minimum atomic E-state index is -3.81. The maximum absolute atomic E-state index is 12.4. The number of hydrogen-bond donors (Lipinski definition) is 2. The third-order valence-corrected chi connectivity index (χ3v) is 5.50. The fourth-order valence-electron chi connectivity index (χ4n) is 1.86. The Balaban J connectivity index is 2.44. The SMILES string of the molecule is Cc1cc(Br)c(NS(=O)(=O)c2cc(CO)oc2C)c(Br)c1. The molecule has 0 aliphatic rings. The van der Waals surface area contributed by atoms with Crippen LogP contribution >= 0.6 is 31.9 Å². The molecule has 0 saturated carbocycles. The highest BCUT2D eigenvalue weighted by Crippen LogP contribution is 2.34. The topological polar surface area (TPSA) is 79.5 Å². The first-order valence-electron chi connectivity index (χ1n) is 5.93. The third kappa shape index (κ3) is 3.50. The van der Waals surface area contributed by atoms with Crippen LogP contribution in [0.1, 0.15) is 17.1 Å². The van der Waals surface area contributed by atoms with Crippen LogP contribution in [0, 0.1) is 13.8 Å². The molecular formula is C13H13Br2NO4S. The molecule has 0 amide bonds. The van der Waals surface area contributed by atoms with E-state index in [1.807, 2.05) is 19.1 Å². The lowest BCUT2D eigenvalue weighted by molar-refractivity contribution is 0.245. The van der Waals surface area contributed by atoms with Crippen LogP contribution in [0.25, 0.3) is 0 Å². The molecule has 1 heterocycles. The van der Waals surface area contributed by atoms with Crippen LogP contribution in [-0.2, 0) is 16.6 Å². The molecule has 0 radical (unpaired) electrons. The van der Waals surface area contributed by atoms with Gasteiger partial charge < -0.3 is 9.52 Å². The predicted molar refractivity (Wildman–Crippen MR) is 86.8 cm³/mol. The van der Waals surface area contributed by atoms with Crippen molar-refractivity contribution in [2.45, 2.75) is 25.3 Å². The van der Waals surface area contributed by atoms with Gasteiger partial charge in [-0.2, -0.15) is 0 Å². The number of hydrogen-bond acceptors (Lipinski definition) is 4. The third-order valence-electron chi connectivity index (χ3n) is 2.79. The van der Waals surface area contributed by atoms with Crippen molar-refractivity contribution in [3.05, 3.63) is 44.2 Å². The minimum Gasteiger partial charge on any atom is -0.462 e. The Morgan fingerprint density at radius 3 is 2.24 bits per heavy atom. The maximum atomic E-state index is 12.4. The quantitative estimate of drug-likeness (QED) is 0.762. The van der Waals surface area contributed by atoms with Gasteiger partial charge in [-0.3, -0.25) is 4.72 Å². The summed E-state index contributed by atoms with van der Waals surface area (Å²) >= 11 is 6.68. The maximum Gasteiger partial charge on any atom is 0.265 e. The van der Waals surface area contributed by atoms with Crippen LogP contribution in [-0.4, -0.2) is 13.5 Å². The van der Waals surface area contributed by atoms with Crippen molar-refractivity contribution >= 4 is 47.6 Å². The number of aliphatic hydroxyl groups excluding tert-OH is 1. The van der Waals surface area contributed by atoms with Gasteiger partial charge in [-0.05, 0) is 63.4 Å². The first-order chi connectivity index (χ1) is 9.74. The lowest BCUT2D eigenvalue weighted by Crippen LogP contribution is -2.14. The van der Waals surface area contributed by atoms with Crippen LogP contribution in [0.2, 0.25) is 0 Å². The largest absolute Gasteiger partial charge is 0.462 e. The molecule has 0 saturated heterocycles. The Kier molecular flexibility index (Phi) is 4.82. The summed E-state index contributed by atoms with van der Waals surface area (Å²) in [6, 6.07) is 4.93. The van der Waals surface area contributed by atoms with Crippen molar-refractivity contribution in [3.8, 4) is 0 Å². The molecule has 1 aromatic carbocycles. The van der Waals surface area contributed by atoms with Crippen molar-refractivity contribution in [1.29, 1.82) is 0 Å². The molecule has 21 heavy (non-hydrogen) atoms. The van der Waals surface area contributed by atoms with Crippen molar-refractivity contribution in [2.75, 3.05) is 4.72 Å². The smallest absolute Gasteiger partial charge is 0.265 e. The summed E-state index contributed by atoms with van der Waals surface area (Å²) in [5.74, 6) is 0.431. The molecule has 2 aromatic rings. The first kappa shape index (κ1) is 16.5. The molecule has 0 atom stereocenters. The minimum absolute atomic E-state index is 0.00549. The molecule has 0 bridgehead atoms. The highest BCUT2D eigenvalue weighted by molar-refractivity contribution is 9.11. The molecule has 0 aliphatic heterocycles. The number of aliphatic hydroxyl groups is 1. The number of nitrogens with one attached hydrogen (secondary N) is 1. The van der Waals surface area contributed by atoms with Crippen molar-refractivity contribution in [1.82, 2.24) is 0 Å². The van der Waals surface area contributed by atoms with Gasteiger partial charge in [-0.25, -0.2) is 8.42 Å². The van der Waals surface area contributed by atoms with Gasteiger partial charge >= 0.3 is 0 Å². The number of aryl methyl sites for hydroxylation is 2. The van der Waals surface area contributed by atoms with Crippen LogP contribution in [0.4, 0.5) is 5.69 Å².